The Labute approximate surface area is 129 Å². The van der Waals surface area contributed by atoms with Crippen LogP contribution in [0.3, 0.4) is 0 Å². The maximum Gasteiger partial charge on any atom is 0.190 e. The first-order valence-corrected chi connectivity index (χ1v) is 7.27. The smallest absolute Gasteiger partial charge is 0.190 e. The number of nitrogens with zero attached hydrogens (tertiary/aromatic N) is 1. The van der Waals surface area contributed by atoms with Crippen molar-refractivity contribution in [3.63, 3.8) is 0 Å². The molecule has 2 aliphatic heterocycles. The Morgan fingerprint density at radius 3 is 2.68 bits per heavy atom. The van der Waals surface area contributed by atoms with Gasteiger partial charge in [-0.3, -0.25) is 0 Å². The van der Waals surface area contributed by atoms with Gasteiger partial charge in [-0.15, -0.1) is 0 Å². The Morgan fingerprint density at radius 1 is 1.27 bits per heavy atom. The van der Waals surface area contributed by atoms with Crippen LogP contribution >= 0.6 is 0 Å². The van der Waals surface area contributed by atoms with Gasteiger partial charge in [0.1, 0.15) is 12.2 Å². The highest BCUT2D eigenvalue weighted by atomic mass is 16.8. The molecule has 118 valence electrons. The zero-order valence-corrected chi connectivity index (χ0v) is 12.7. The molecule has 0 radical (unpaired) electrons. The number of hydrogen-bond donors (Lipinski definition) is 1. The minimum Gasteiger partial charge on any atom is -0.374 e. The van der Waals surface area contributed by atoms with Crippen LogP contribution in [0.15, 0.2) is 30.3 Å². The number of rotatable bonds is 4. The van der Waals surface area contributed by atoms with Crippen LogP contribution in [-0.4, -0.2) is 36.4 Å². The second-order valence-corrected chi connectivity index (χ2v) is 6.09. The highest BCUT2D eigenvalue weighted by molar-refractivity contribution is 5.21. The van der Waals surface area contributed by atoms with Gasteiger partial charge >= 0.3 is 0 Å². The molecule has 0 saturated carbocycles. The highest BCUT2D eigenvalue weighted by Crippen LogP contribution is 2.41. The van der Waals surface area contributed by atoms with E-state index in [1.54, 1.807) is 13.8 Å². The van der Waals surface area contributed by atoms with Crippen molar-refractivity contribution in [1.29, 1.82) is 5.26 Å². The van der Waals surface area contributed by atoms with Gasteiger partial charge < -0.3 is 24.7 Å². The van der Waals surface area contributed by atoms with Gasteiger partial charge in [0, 0.05) is 0 Å². The number of benzene rings is 1. The first kappa shape index (κ1) is 15.4. The molecule has 6 nitrogen and oxygen atoms in total. The Morgan fingerprint density at radius 2 is 2.00 bits per heavy atom. The van der Waals surface area contributed by atoms with E-state index in [0.717, 1.165) is 5.56 Å². The van der Waals surface area contributed by atoms with E-state index in [2.05, 4.69) is 6.07 Å². The molecule has 0 unspecified atom stereocenters. The lowest BCUT2D eigenvalue weighted by atomic mass is 9.91. The van der Waals surface area contributed by atoms with Crippen molar-refractivity contribution in [2.75, 3.05) is 6.61 Å². The lowest BCUT2D eigenvalue weighted by molar-refractivity contribution is -0.214. The van der Waals surface area contributed by atoms with E-state index in [1.165, 1.54) is 0 Å². The highest BCUT2D eigenvalue weighted by Gasteiger charge is 2.62. The summed E-state index contributed by atoms with van der Waals surface area (Å²) in [5.41, 5.74) is 5.98. The van der Waals surface area contributed by atoms with Gasteiger partial charge in [-0.05, 0) is 19.4 Å². The molecule has 6 heteroatoms. The molecule has 0 spiro atoms. The largest absolute Gasteiger partial charge is 0.374 e. The summed E-state index contributed by atoms with van der Waals surface area (Å²) >= 11 is 0. The van der Waals surface area contributed by atoms with Gasteiger partial charge in [0.05, 0.1) is 19.3 Å². The molecule has 22 heavy (non-hydrogen) atoms. The number of ether oxygens (including phenoxy) is 4. The fourth-order valence-corrected chi connectivity index (χ4v) is 2.78. The SMILES string of the molecule is CC1(C)O[C@H]2O[C@H](COCc3ccccc3)[C@](N)(C#N)[C@H]2O1. The Bertz CT molecular complexity index is 571. The summed E-state index contributed by atoms with van der Waals surface area (Å²) in [5.74, 6) is -0.799. The molecule has 0 amide bonds. The van der Waals surface area contributed by atoms with Crippen LogP contribution in [0.4, 0.5) is 0 Å². The predicted molar refractivity (Wildman–Crippen MR) is 77.3 cm³/mol. The number of hydrogen-bond acceptors (Lipinski definition) is 6. The molecule has 0 aliphatic carbocycles. The monoisotopic (exact) mass is 304 g/mol. The summed E-state index contributed by atoms with van der Waals surface area (Å²) in [6.07, 6.45) is -1.84. The molecule has 0 bridgehead atoms. The third kappa shape index (κ3) is 2.74. The fourth-order valence-electron chi connectivity index (χ4n) is 2.78. The molecule has 0 aromatic heterocycles. The quantitative estimate of drug-likeness (QED) is 0.902. The third-order valence-electron chi connectivity index (χ3n) is 3.93. The minimum absolute atomic E-state index is 0.207. The Balaban J connectivity index is 1.62. The van der Waals surface area contributed by atoms with Crippen molar-refractivity contribution in [3.8, 4) is 6.07 Å². The van der Waals surface area contributed by atoms with Crippen LogP contribution in [0, 0.1) is 11.3 Å². The first-order chi connectivity index (χ1) is 10.4. The molecule has 2 aliphatic rings. The van der Waals surface area contributed by atoms with Crippen molar-refractivity contribution in [2.45, 2.75) is 50.3 Å². The van der Waals surface area contributed by atoms with Gasteiger partial charge in [0.15, 0.2) is 17.6 Å². The number of nitriles is 1. The van der Waals surface area contributed by atoms with Gasteiger partial charge in [-0.2, -0.15) is 5.26 Å². The zero-order chi connectivity index (χ0) is 15.8. The molecule has 2 N–H and O–H groups in total. The van der Waals surface area contributed by atoms with Crippen molar-refractivity contribution < 1.29 is 18.9 Å². The van der Waals surface area contributed by atoms with E-state index in [1.807, 2.05) is 30.3 Å². The molecule has 2 heterocycles. The van der Waals surface area contributed by atoms with E-state index in [4.69, 9.17) is 24.7 Å². The lowest BCUT2D eigenvalue weighted by Gasteiger charge is -2.28. The summed E-state index contributed by atoms with van der Waals surface area (Å²) in [6.45, 7) is 4.19. The normalized spacial score (nSPS) is 36.0. The topological polar surface area (TPSA) is 86.7 Å². The van der Waals surface area contributed by atoms with Gasteiger partial charge in [-0.1, -0.05) is 30.3 Å². The molecular weight excluding hydrogens is 284 g/mol. The Kier molecular flexibility index (Phi) is 3.93. The van der Waals surface area contributed by atoms with Gasteiger partial charge in [0.25, 0.3) is 0 Å². The predicted octanol–water partition coefficient (Wildman–Crippen LogP) is 1.30. The molecular formula is C16H20N2O4. The maximum absolute atomic E-state index is 9.48. The molecule has 4 atom stereocenters. The molecule has 2 fully saturated rings. The average molecular weight is 304 g/mol. The minimum atomic E-state index is -1.28. The van der Waals surface area contributed by atoms with Crippen molar-refractivity contribution in [3.05, 3.63) is 35.9 Å². The van der Waals surface area contributed by atoms with E-state index < -0.39 is 29.8 Å². The summed E-state index contributed by atoms with van der Waals surface area (Å²) in [5, 5.41) is 9.48. The van der Waals surface area contributed by atoms with Gasteiger partial charge in [-0.25, -0.2) is 0 Å². The third-order valence-corrected chi connectivity index (χ3v) is 3.93. The zero-order valence-electron chi connectivity index (χ0n) is 12.7. The summed E-state index contributed by atoms with van der Waals surface area (Å²) in [7, 11) is 0. The van der Waals surface area contributed by atoms with Gasteiger partial charge in [0.2, 0.25) is 0 Å². The van der Waals surface area contributed by atoms with Crippen molar-refractivity contribution in [2.24, 2.45) is 5.73 Å². The number of nitrogens with two attached hydrogens (primary N) is 1. The second-order valence-electron chi connectivity index (χ2n) is 6.09. The van der Waals surface area contributed by atoms with Crippen LogP contribution in [0.25, 0.3) is 0 Å². The maximum atomic E-state index is 9.48. The summed E-state index contributed by atoms with van der Waals surface area (Å²) in [4.78, 5) is 0. The standard InChI is InChI=1S/C16H20N2O4/c1-15(2)21-13-14(22-15)20-12(16(13,18)10-17)9-19-8-11-6-4-3-5-7-11/h3-7,12-14H,8-9,18H2,1-2H3/t12-,13+,14-,16-/m1/s1. The van der Waals surface area contributed by atoms with E-state index >= 15 is 0 Å². The summed E-state index contributed by atoms with van der Waals surface area (Å²) < 4.78 is 22.8. The van der Waals surface area contributed by atoms with Crippen LogP contribution in [0.1, 0.15) is 19.4 Å². The van der Waals surface area contributed by atoms with E-state index in [0.29, 0.717) is 6.61 Å². The first-order valence-electron chi connectivity index (χ1n) is 7.27. The van der Waals surface area contributed by atoms with Crippen LogP contribution in [0.5, 0.6) is 0 Å². The molecule has 1 aromatic carbocycles. The van der Waals surface area contributed by atoms with E-state index in [9.17, 15) is 5.26 Å². The molecule has 3 rings (SSSR count). The van der Waals surface area contributed by atoms with Crippen LogP contribution in [-0.2, 0) is 25.6 Å². The van der Waals surface area contributed by atoms with E-state index in [-0.39, 0.29) is 6.61 Å². The van der Waals surface area contributed by atoms with Crippen LogP contribution < -0.4 is 5.73 Å². The summed E-state index contributed by atoms with van der Waals surface area (Å²) in [6, 6.07) is 11.9. The fraction of sp³-hybridized carbons (Fsp3) is 0.562. The van der Waals surface area contributed by atoms with Crippen LogP contribution in [0.2, 0.25) is 0 Å². The second kappa shape index (κ2) is 5.61. The molecule has 1 aromatic rings. The van der Waals surface area contributed by atoms with Crippen molar-refractivity contribution in [1.82, 2.24) is 0 Å². The van der Waals surface area contributed by atoms with Crippen molar-refractivity contribution >= 4 is 0 Å². The lowest BCUT2D eigenvalue weighted by Crippen LogP contribution is -2.56. The Hall–Kier alpha value is -1.49. The number of fused-ring (bicyclic) bond motifs is 1. The average Bonchev–Trinajstić information content (AvgIpc) is 2.93. The molecule has 2 saturated heterocycles.